The third kappa shape index (κ3) is 8.79. The highest BCUT2D eigenvalue weighted by Crippen LogP contribution is 2.33. The molecule has 0 spiro atoms. The number of unbranched alkanes of at least 4 members (excludes halogenated alkanes) is 1. The van der Waals surface area contributed by atoms with E-state index in [1.165, 1.54) is 0 Å². The van der Waals surface area contributed by atoms with Gasteiger partial charge in [0, 0.05) is 25.7 Å². The molecule has 3 saturated heterocycles. The summed E-state index contributed by atoms with van der Waals surface area (Å²) < 4.78 is 35.9. The summed E-state index contributed by atoms with van der Waals surface area (Å²) >= 11 is 0. The van der Waals surface area contributed by atoms with Crippen LogP contribution in [0.1, 0.15) is 72.6 Å². The fourth-order valence-corrected chi connectivity index (χ4v) is 4.81. The Morgan fingerprint density at radius 2 is 1.27 bits per heavy atom. The van der Waals surface area contributed by atoms with Crippen LogP contribution in [-0.2, 0) is 33.2 Å². The van der Waals surface area contributed by atoms with Gasteiger partial charge in [0.15, 0.2) is 18.9 Å². The predicted octanol–water partition coefficient (Wildman–Crippen LogP) is 0.655. The van der Waals surface area contributed by atoms with Crippen molar-refractivity contribution in [3.05, 3.63) is 0 Å². The summed E-state index contributed by atoms with van der Waals surface area (Å²) in [7, 11) is 0. The van der Waals surface area contributed by atoms with Crippen molar-refractivity contribution < 1.29 is 58.7 Å². The molecule has 0 saturated carbocycles. The van der Waals surface area contributed by atoms with Crippen LogP contribution in [0.4, 0.5) is 0 Å². The maximum absolute atomic E-state index is 10.8. The number of carbonyl (C=O) groups is 1. The summed E-state index contributed by atoms with van der Waals surface area (Å²) in [5.41, 5.74) is 0. The lowest BCUT2D eigenvalue weighted by molar-refractivity contribution is -0.354. The average Bonchev–Trinajstić information content (AvgIpc) is 2.81. The Morgan fingerprint density at radius 1 is 0.757 bits per heavy atom. The summed E-state index contributed by atoms with van der Waals surface area (Å²) in [6, 6.07) is 0. The molecule has 13 atom stereocenters. The molecular weight excluding hydrogens is 492 g/mol. The van der Waals surface area contributed by atoms with E-state index in [4.69, 9.17) is 33.5 Å². The third-order valence-electron chi connectivity index (χ3n) is 7.25. The van der Waals surface area contributed by atoms with Gasteiger partial charge in [0.1, 0.15) is 18.3 Å². The quantitative estimate of drug-likeness (QED) is 0.234. The second-order valence-corrected chi connectivity index (χ2v) is 10.5. The van der Waals surface area contributed by atoms with Gasteiger partial charge in [-0.1, -0.05) is 6.42 Å². The highest BCUT2D eigenvalue weighted by molar-refractivity contribution is 5.66. The molecule has 37 heavy (non-hydrogen) atoms. The minimum atomic E-state index is -1.05. The van der Waals surface area contributed by atoms with E-state index in [1.807, 2.05) is 13.8 Å². The number of aliphatic hydroxyl groups excluding tert-OH is 4. The Balaban J connectivity index is 1.65. The monoisotopic (exact) mass is 536 g/mol. The normalized spacial score (nSPS) is 43.9. The highest BCUT2D eigenvalue weighted by Gasteiger charge is 2.45. The van der Waals surface area contributed by atoms with Gasteiger partial charge in [0.25, 0.3) is 0 Å². The topological polar surface area (TPSA) is 174 Å². The molecule has 12 nitrogen and oxygen atoms in total. The lowest BCUT2D eigenvalue weighted by atomic mass is 10.0. The van der Waals surface area contributed by atoms with Crippen molar-refractivity contribution in [3.8, 4) is 0 Å². The molecular formula is C25H44O12. The van der Waals surface area contributed by atoms with Crippen LogP contribution in [0.5, 0.6) is 0 Å². The van der Waals surface area contributed by atoms with Crippen LogP contribution in [0, 0.1) is 0 Å². The first kappa shape index (κ1) is 30.6. The molecule has 216 valence electrons. The lowest BCUT2D eigenvalue weighted by Gasteiger charge is -2.45. The molecule has 5 N–H and O–H groups in total. The van der Waals surface area contributed by atoms with E-state index in [0.29, 0.717) is 19.3 Å². The lowest BCUT2D eigenvalue weighted by Crippen LogP contribution is -2.56. The standard InChI is InChI=1S/C25H44O12/c1-12(7-5-6-8-22(30)31)32-25-21(37-24-19(29)10-17(27)14(3)34-24)11-20(15(4)35-25)36-23-18(28)9-16(26)13(2)33-23/h12-21,23-29H,5-11H2,1-4H3,(H,30,31)/t12-,13+,14+,15+,16-,17-,18-,19-,20-,21-,23+,24+,25-/m1/s1. The summed E-state index contributed by atoms with van der Waals surface area (Å²) in [5, 5.41) is 49.6. The molecule has 3 rings (SSSR count). The number of ether oxygens (including phenoxy) is 6. The fraction of sp³-hybridized carbons (Fsp3) is 0.960. The molecule has 3 heterocycles. The number of hydrogen-bond acceptors (Lipinski definition) is 11. The zero-order chi connectivity index (χ0) is 27.3. The van der Waals surface area contributed by atoms with E-state index in [9.17, 15) is 25.2 Å². The Bertz CT molecular complexity index is 709. The number of rotatable bonds is 11. The van der Waals surface area contributed by atoms with Crippen LogP contribution in [0.15, 0.2) is 0 Å². The van der Waals surface area contributed by atoms with Gasteiger partial charge in [0.2, 0.25) is 0 Å². The first-order valence-corrected chi connectivity index (χ1v) is 13.3. The minimum absolute atomic E-state index is 0.0973. The molecule has 0 aromatic rings. The van der Waals surface area contributed by atoms with Crippen molar-refractivity contribution >= 4 is 5.97 Å². The van der Waals surface area contributed by atoms with E-state index in [2.05, 4.69) is 0 Å². The average molecular weight is 537 g/mol. The third-order valence-corrected chi connectivity index (χ3v) is 7.25. The van der Waals surface area contributed by atoms with Crippen LogP contribution < -0.4 is 0 Å². The summed E-state index contributed by atoms with van der Waals surface area (Å²) in [4.78, 5) is 10.8. The first-order valence-electron chi connectivity index (χ1n) is 13.3. The molecule has 0 aromatic carbocycles. The molecule has 3 aliphatic rings. The van der Waals surface area contributed by atoms with Gasteiger partial charge < -0.3 is 54.0 Å². The molecule has 12 heteroatoms. The second-order valence-electron chi connectivity index (χ2n) is 10.5. The van der Waals surface area contributed by atoms with Crippen LogP contribution in [-0.4, -0.2) is 111 Å². The SMILES string of the molecule is C[C@H](CCCCC(=O)O)O[C@@H]1O[C@@H](C)[C@H](O[C@@H]2O[C@@H](C)[C@H](O)C[C@H]2O)C[C@H]1O[C@@H]1O[C@@H](C)[C@H](O)C[C@H]1O. The molecule has 3 fully saturated rings. The van der Waals surface area contributed by atoms with Crippen molar-refractivity contribution in [2.24, 2.45) is 0 Å². The van der Waals surface area contributed by atoms with Crippen LogP contribution in [0.25, 0.3) is 0 Å². The number of aliphatic carboxylic acids is 1. The van der Waals surface area contributed by atoms with Gasteiger partial charge >= 0.3 is 5.97 Å². The minimum Gasteiger partial charge on any atom is -0.481 e. The van der Waals surface area contributed by atoms with Gasteiger partial charge in [0.05, 0.1) is 42.7 Å². The van der Waals surface area contributed by atoms with Crippen molar-refractivity contribution in [3.63, 3.8) is 0 Å². The first-order chi connectivity index (χ1) is 17.4. The Hall–Kier alpha value is -0.930. The van der Waals surface area contributed by atoms with E-state index in [-0.39, 0.29) is 31.8 Å². The van der Waals surface area contributed by atoms with Crippen LogP contribution in [0.2, 0.25) is 0 Å². The summed E-state index contributed by atoms with van der Waals surface area (Å²) in [6.45, 7) is 7.09. The van der Waals surface area contributed by atoms with Gasteiger partial charge in [-0.05, 0) is 40.5 Å². The van der Waals surface area contributed by atoms with Crippen LogP contribution >= 0.6 is 0 Å². The molecule has 0 bridgehead atoms. The smallest absolute Gasteiger partial charge is 0.303 e. The molecule has 3 aliphatic heterocycles. The molecule has 0 radical (unpaired) electrons. The van der Waals surface area contributed by atoms with Crippen LogP contribution in [0.3, 0.4) is 0 Å². The maximum Gasteiger partial charge on any atom is 0.303 e. The maximum atomic E-state index is 10.8. The largest absolute Gasteiger partial charge is 0.481 e. The van der Waals surface area contributed by atoms with Crippen molar-refractivity contribution in [1.29, 1.82) is 0 Å². The van der Waals surface area contributed by atoms with Crippen molar-refractivity contribution in [2.45, 2.75) is 153 Å². The number of carboxylic acids is 1. The van der Waals surface area contributed by atoms with Crippen molar-refractivity contribution in [2.75, 3.05) is 0 Å². The van der Waals surface area contributed by atoms with Crippen molar-refractivity contribution in [1.82, 2.24) is 0 Å². The predicted molar refractivity (Wildman–Crippen MR) is 127 cm³/mol. The Labute approximate surface area is 217 Å². The molecule has 0 aromatic heterocycles. The van der Waals surface area contributed by atoms with E-state index in [0.717, 1.165) is 0 Å². The molecule has 0 amide bonds. The highest BCUT2D eigenvalue weighted by atomic mass is 16.8. The Kier molecular flexibility index (Phi) is 11.5. The van der Waals surface area contributed by atoms with Gasteiger partial charge in [-0.25, -0.2) is 0 Å². The van der Waals surface area contributed by atoms with Gasteiger partial charge in [-0.2, -0.15) is 0 Å². The second kappa shape index (κ2) is 13.9. The summed E-state index contributed by atoms with van der Waals surface area (Å²) in [5.74, 6) is -0.834. The summed E-state index contributed by atoms with van der Waals surface area (Å²) in [6.07, 6.45) is -7.01. The molecule has 0 aliphatic carbocycles. The van der Waals surface area contributed by atoms with Gasteiger partial charge in [-0.3, -0.25) is 4.79 Å². The number of carboxylic acid groups (broad SMARTS) is 1. The molecule has 0 unspecified atom stereocenters. The van der Waals surface area contributed by atoms with E-state index >= 15 is 0 Å². The number of hydrogen-bond donors (Lipinski definition) is 5. The Morgan fingerprint density at radius 3 is 1.81 bits per heavy atom. The fourth-order valence-electron chi connectivity index (χ4n) is 4.81. The van der Waals surface area contributed by atoms with Gasteiger partial charge in [-0.15, -0.1) is 0 Å². The van der Waals surface area contributed by atoms with E-state index in [1.54, 1.807) is 13.8 Å². The van der Waals surface area contributed by atoms with E-state index < -0.39 is 79.8 Å². The zero-order valence-electron chi connectivity index (χ0n) is 22.0. The zero-order valence-corrected chi connectivity index (χ0v) is 22.0. The number of aliphatic hydroxyl groups is 4.